The van der Waals surface area contributed by atoms with E-state index in [2.05, 4.69) is 5.32 Å². The van der Waals surface area contributed by atoms with E-state index >= 15 is 0 Å². The molecule has 0 aliphatic heterocycles. The van der Waals surface area contributed by atoms with E-state index in [0.29, 0.717) is 16.3 Å². The van der Waals surface area contributed by atoms with Crippen molar-refractivity contribution < 1.29 is 13.9 Å². The minimum absolute atomic E-state index is 0.149. The number of hydrogen-bond acceptors (Lipinski definition) is 2. The summed E-state index contributed by atoms with van der Waals surface area (Å²) in [6.45, 7) is 0.216. The molecule has 0 saturated heterocycles. The summed E-state index contributed by atoms with van der Waals surface area (Å²) in [4.78, 5) is 11.9. The number of rotatable bonds is 5. The molecule has 3 nitrogen and oxygen atoms in total. The summed E-state index contributed by atoms with van der Waals surface area (Å²) >= 11 is 5.79. The highest BCUT2D eigenvalue weighted by Crippen LogP contribution is 2.19. The summed E-state index contributed by atoms with van der Waals surface area (Å²) in [7, 11) is 1.51. The second-order valence-electron chi connectivity index (χ2n) is 4.54. The van der Waals surface area contributed by atoms with Crippen molar-refractivity contribution in [3.8, 4) is 5.75 Å². The first-order chi connectivity index (χ1) is 10.1. The van der Waals surface area contributed by atoms with Gasteiger partial charge in [0.05, 0.1) is 13.5 Å². The zero-order valence-electron chi connectivity index (χ0n) is 11.5. The van der Waals surface area contributed by atoms with E-state index < -0.39 is 0 Å². The number of hydrogen-bond donors (Lipinski definition) is 1. The van der Waals surface area contributed by atoms with Crippen LogP contribution in [0.4, 0.5) is 4.39 Å². The molecule has 0 bridgehead atoms. The first-order valence-corrected chi connectivity index (χ1v) is 6.80. The molecular formula is C16H15ClFNO2. The van der Waals surface area contributed by atoms with E-state index in [1.807, 2.05) is 0 Å². The van der Waals surface area contributed by atoms with Gasteiger partial charge in [0.1, 0.15) is 11.6 Å². The SMILES string of the molecule is COc1ccc(F)cc1CNC(=O)Cc1ccc(Cl)cc1. The first kappa shape index (κ1) is 15.3. The standard InChI is InChI=1S/C16H15ClFNO2/c1-21-15-7-6-14(18)9-12(15)10-19-16(20)8-11-2-4-13(17)5-3-11/h2-7,9H,8,10H2,1H3,(H,19,20). The molecule has 0 aromatic heterocycles. The Balaban J connectivity index is 1.95. The quantitative estimate of drug-likeness (QED) is 0.920. The minimum Gasteiger partial charge on any atom is -0.496 e. The molecular weight excluding hydrogens is 293 g/mol. The van der Waals surface area contributed by atoms with Gasteiger partial charge in [-0.15, -0.1) is 0 Å². The zero-order valence-corrected chi connectivity index (χ0v) is 12.3. The third kappa shape index (κ3) is 4.46. The summed E-state index contributed by atoms with van der Waals surface area (Å²) in [5.41, 5.74) is 1.46. The number of carbonyl (C=O) groups excluding carboxylic acids is 1. The fourth-order valence-electron chi connectivity index (χ4n) is 1.93. The molecule has 0 saturated carbocycles. The lowest BCUT2D eigenvalue weighted by atomic mass is 10.1. The third-order valence-corrected chi connectivity index (χ3v) is 3.25. The number of halogens is 2. The maximum absolute atomic E-state index is 13.2. The Labute approximate surface area is 127 Å². The number of ether oxygens (including phenoxy) is 1. The molecule has 0 fully saturated rings. The predicted molar refractivity (Wildman–Crippen MR) is 80.0 cm³/mol. The van der Waals surface area contributed by atoms with Crippen molar-refractivity contribution in [3.05, 3.63) is 64.4 Å². The van der Waals surface area contributed by atoms with Crippen LogP contribution >= 0.6 is 11.6 Å². The van der Waals surface area contributed by atoms with Crippen LogP contribution in [0.3, 0.4) is 0 Å². The van der Waals surface area contributed by atoms with E-state index in [1.54, 1.807) is 24.3 Å². The molecule has 5 heteroatoms. The number of nitrogens with one attached hydrogen (secondary N) is 1. The molecule has 0 aliphatic rings. The average Bonchev–Trinajstić information content (AvgIpc) is 2.48. The van der Waals surface area contributed by atoms with Crippen molar-refractivity contribution in [2.75, 3.05) is 7.11 Å². The van der Waals surface area contributed by atoms with Crippen molar-refractivity contribution >= 4 is 17.5 Å². The molecule has 2 aromatic rings. The van der Waals surface area contributed by atoms with Gasteiger partial charge in [-0.2, -0.15) is 0 Å². The summed E-state index contributed by atoms with van der Waals surface area (Å²) in [5, 5.41) is 3.37. The molecule has 1 amide bonds. The van der Waals surface area contributed by atoms with Gasteiger partial charge in [0, 0.05) is 17.1 Å². The number of benzene rings is 2. The predicted octanol–water partition coefficient (Wildman–Crippen LogP) is 3.35. The van der Waals surface area contributed by atoms with Crippen LogP contribution in [0.1, 0.15) is 11.1 Å². The van der Waals surface area contributed by atoms with E-state index in [9.17, 15) is 9.18 Å². The molecule has 0 unspecified atom stereocenters. The Morgan fingerprint density at radius 3 is 2.62 bits per heavy atom. The second-order valence-corrected chi connectivity index (χ2v) is 4.97. The summed E-state index contributed by atoms with van der Waals surface area (Å²) in [6, 6.07) is 11.3. The fraction of sp³-hybridized carbons (Fsp3) is 0.188. The highest BCUT2D eigenvalue weighted by molar-refractivity contribution is 6.30. The van der Waals surface area contributed by atoms with Crippen molar-refractivity contribution in [2.45, 2.75) is 13.0 Å². The van der Waals surface area contributed by atoms with Crippen molar-refractivity contribution in [2.24, 2.45) is 0 Å². The van der Waals surface area contributed by atoms with Crippen LogP contribution in [-0.2, 0) is 17.8 Å². The Kier molecular flexibility index (Phi) is 5.17. The third-order valence-electron chi connectivity index (χ3n) is 3.00. The molecule has 21 heavy (non-hydrogen) atoms. The largest absolute Gasteiger partial charge is 0.496 e. The Hall–Kier alpha value is -2.07. The maximum atomic E-state index is 13.2. The number of amides is 1. The lowest BCUT2D eigenvalue weighted by Crippen LogP contribution is -2.24. The normalized spacial score (nSPS) is 10.2. The van der Waals surface area contributed by atoms with Crippen molar-refractivity contribution in [3.63, 3.8) is 0 Å². The lowest BCUT2D eigenvalue weighted by Gasteiger charge is -2.10. The van der Waals surface area contributed by atoms with Gasteiger partial charge in [-0.25, -0.2) is 4.39 Å². The second kappa shape index (κ2) is 7.09. The van der Waals surface area contributed by atoms with Crippen molar-refractivity contribution in [1.82, 2.24) is 5.32 Å². The average molecular weight is 308 g/mol. The fourth-order valence-corrected chi connectivity index (χ4v) is 2.06. The zero-order chi connectivity index (χ0) is 15.2. The van der Waals surface area contributed by atoms with Gasteiger partial charge in [-0.05, 0) is 35.9 Å². The number of methoxy groups -OCH3 is 1. The summed E-state index contributed by atoms with van der Waals surface area (Å²) < 4.78 is 18.3. The van der Waals surface area contributed by atoms with Crippen LogP contribution in [0.2, 0.25) is 5.02 Å². The molecule has 1 N–H and O–H groups in total. The smallest absolute Gasteiger partial charge is 0.224 e. The molecule has 2 aromatic carbocycles. The van der Waals surface area contributed by atoms with E-state index in [1.165, 1.54) is 25.3 Å². The molecule has 0 radical (unpaired) electrons. The number of carbonyl (C=O) groups is 1. The van der Waals surface area contributed by atoms with Gasteiger partial charge < -0.3 is 10.1 Å². The van der Waals surface area contributed by atoms with Crippen molar-refractivity contribution in [1.29, 1.82) is 0 Å². The van der Waals surface area contributed by atoms with Crippen LogP contribution in [-0.4, -0.2) is 13.0 Å². The van der Waals surface area contributed by atoms with E-state index in [0.717, 1.165) is 5.56 Å². The van der Waals surface area contributed by atoms with E-state index in [4.69, 9.17) is 16.3 Å². The summed E-state index contributed by atoms with van der Waals surface area (Å²) in [6.07, 6.45) is 0.245. The molecule has 0 aliphatic carbocycles. The molecule has 0 spiro atoms. The van der Waals surface area contributed by atoms with E-state index in [-0.39, 0.29) is 24.7 Å². The molecule has 0 heterocycles. The molecule has 110 valence electrons. The maximum Gasteiger partial charge on any atom is 0.224 e. The lowest BCUT2D eigenvalue weighted by molar-refractivity contribution is -0.120. The van der Waals surface area contributed by atoms with Crippen LogP contribution in [0.25, 0.3) is 0 Å². The Bertz CT molecular complexity index is 629. The van der Waals surface area contributed by atoms with Crippen LogP contribution in [0, 0.1) is 5.82 Å². The Morgan fingerprint density at radius 2 is 1.95 bits per heavy atom. The Morgan fingerprint density at radius 1 is 1.24 bits per heavy atom. The van der Waals surface area contributed by atoms with Gasteiger partial charge in [0.15, 0.2) is 0 Å². The van der Waals surface area contributed by atoms with Crippen LogP contribution < -0.4 is 10.1 Å². The highest BCUT2D eigenvalue weighted by atomic mass is 35.5. The van der Waals surface area contributed by atoms with Crippen LogP contribution in [0.5, 0.6) is 5.75 Å². The van der Waals surface area contributed by atoms with Gasteiger partial charge >= 0.3 is 0 Å². The topological polar surface area (TPSA) is 38.3 Å². The highest BCUT2D eigenvalue weighted by Gasteiger charge is 2.08. The van der Waals surface area contributed by atoms with Gasteiger partial charge in [0.25, 0.3) is 0 Å². The monoisotopic (exact) mass is 307 g/mol. The van der Waals surface area contributed by atoms with Gasteiger partial charge in [-0.3, -0.25) is 4.79 Å². The minimum atomic E-state index is -0.363. The van der Waals surface area contributed by atoms with Crippen LogP contribution in [0.15, 0.2) is 42.5 Å². The first-order valence-electron chi connectivity index (χ1n) is 6.42. The summed E-state index contributed by atoms with van der Waals surface area (Å²) in [5.74, 6) is 0.0320. The molecule has 2 rings (SSSR count). The van der Waals surface area contributed by atoms with Gasteiger partial charge in [-0.1, -0.05) is 23.7 Å². The van der Waals surface area contributed by atoms with Gasteiger partial charge in [0.2, 0.25) is 5.91 Å². The molecule has 0 atom stereocenters.